The molecular weight excluding hydrogens is 280 g/mol. The van der Waals surface area contributed by atoms with Gasteiger partial charge in [0.2, 0.25) is 0 Å². The highest BCUT2D eigenvalue weighted by Crippen LogP contribution is 2.19. The molecule has 4 heteroatoms. The molecule has 17 heavy (non-hydrogen) atoms. The third kappa shape index (κ3) is 3.28. The normalized spacial score (nSPS) is 16.8. The molecule has 0 bridgehead atoms. The zero-order valence-electron chi connectivity index (χ0n) is 10.0. The number of aryl methyl sites for hydroxylation is 1. The molecule has 1 saturated carbocycles. The van der Waals surface area contributed by atoms with Gasteiger partial charge in [-0.15, -0.1) is 0 Å². The van der Waals surface area contributed by atoms with Gasteiger partial charge < -0.3 is 5.32 Å². The zero-order valence-corrected chi connectivity index (χ0v) is 11.6. The molecular formula is C13H17BrN2O. The number of carbonyl (C=O) groups is 1. The Bertz CT molecular complexity index is 414. The summed E-state index contributed by atoms with van der Waals surface area (Å²) < 4.78 is 0.769. The van der Waals surface area contributed by atoms with Gasteiger partial charge in [0.25, 0.3) is 5.91 Å². The largest absolute Gasteiger partial charge is 0.348 e. The van der Waals surface area contributed by atoms with E-state index in [1.807, 2.05) is 13.0 Å². The van der Waals surface area contributed by atoms with Gasteiger partial charge in [-0.05, 0) is 47.3 Å². The van der Waals surface area contributed by atoms with Crippen LogP contribution in [0, 0.1) is 6.92 Å². The molecule has 0 aromatic carbocycles. The van der Waals surface area contributed by atoms with Crippen molar-refractivity contribution in [1.29, 1.82) is 0 Å². The van der Waals surface area contributed by atoms with E-state index in [0.29, 0.717) is 11.7 Å². The lowest BCUT2D eigenvalue weighted by Gasteiger charge is -2.22. The fourth-order valence-electron chi connectivity index (χ4n) is 2.20. The Morgan fingerprint density at radius 2 is 2.12 bits per heavy atom. The minimum atomic E-state index is -0.0659. The fraction of sp³-hybridized carbons (Fsp3) is 0.538. The second kappa shape index (κ2) is 5.63. The molecule has 1 aliphatic rings. The molecule has 0 spiro atoms. The number of nitrogens with one attached hydrogen (secondary N) is 1. The molecule has 1 aliphatic carbocycles. The Hall–Kier alpha value is -0.900. The van der Waals surface area contributed by atoms with Crippen LogP contribution in [-0.2, 0) is 0 Å². The lowest BCUT2D eigenvalue weighted by molar-refractivity contribution is 0.0922. The van der Waals surface area contributed by atoms with Crippen LogP contribution < -0.4 is 5.32 Å². The summed E-state index contributed by atoms with van der Waals surface area (Å²) in [6.45, 7) is 1.96. The number of amides is 1. The van der Waals surface area contributed by atoms with Gasteiger partial charge in [-0.2, -0.15) is 0 Å². The molecule has 0 atom stereocenters. The summed E-state index contributed by atoms with van der Waals surface area (Å²) in [4.78, 5) is 16.2. The second-order valence-electron chi connectivity index (χ2n) is 4.65. The van der Waals surface area contributed by atoms with Crippen LogP contribution in [0.3, 0.4) is 0 Å². The smallest absolute Gasteiger partial charge is 0.271 e. The lowest BCUT2D eigenvalue weighted by Crippen LogP contribution is -2.36. The molecule has 1 fully saturated rings. The van der Waals surface area contributed by atoms with Crippen LogP contribution >= 0.6 is 15.9 Å². The van der Waals surface area contributed by atoms with Crippen molar-refractivity contribution in [1.82, 2.24) is 10.3 Å². The standard InChI is InChI=1S/C13H17BrN2O/c1-9-7-11(14)12(15-8-9)13(17)16-10-5-3-2-4-6-10/h7-8,10H,2-6H2,1H3,(H,16,17). The highest BCUT2D eigenvalue weighted by Gasteiger charge is 2.18. The van der Waals surface area contributed by atoms with E-state index < -0.39 is 0 Å². The number of pyridine rings is 1. The van der Waals surface area contributed by atoms with Gasteiger partial charge >= 0.3 is 0 Å². The molecule has 92 valence electrons. The second-order valence-corrected chi connectivity index (χ2v) is 5.51. The first kappa shape index (κ1) is 12.6. The zero-order chi connectivity index (χ0) is 12.3. The Balaban J connectivity index is 2.03. The minimum absolute atomic E-state index is 0.0659. The lowest BCUT2D eigenvalue weighted by atomic mass is 9.95. The van der Waals surface area contributed by atoms with Crippen LogP contribution in [0.25, 0.3) is 0 Å². The summed E-state index contributed by atoms with van der Waals surface area (Å²) in [6, 6.07) is 2.24. The Morgan fingerprint density at radius 3 is 2.76 bits per heavy atom. The maximum Gasteiger partial charge on any atom is 0.271 e. The van der Waals surface area contributed by atoms with Crippen molar-refractivity contribution in [2.24, 2.45) is 0 Å². The summed E-state index contributed by atoms with van der Waals surface area (Å²) in [6.07, 6.45) is 7.63. The van der Waals surface area contributed by atoms with Gasteiger partial charge in [-0.25, -0.2) is 4.98 Å². The summed E-state index contributed by atoms with van der Waals surface area (Å²) in [5.74, 6) is -0.0659. The Kier molecular flexibility index (Phi) is 4.15. The van der Waals surface area contributed by atoms with E-state index >= 15 is 0 Å². The van der Waals surface area contributed by atoms with Crippen molar-refractivity contribution in [2.45, 2.75) is 45.1 Å². The van der Waals surface area contributed by atoms with Gasteiger partial charge in [0.15, 0.2) is 0 Å². The van der Waals surface area contributed by atoms with Crippen molar-refractivity contribution in [3.63, 3.8) is 0 Å². The maximum absolute atomic E-state index is 12.0. The first-order valence-electron chi connectivity index (χ1n) is 6.10. The molecule has 0 unspecified atom stereocenters. The van der Waals surface area contributed by atoms with Crippen molar-refractivity contribution in [2.75, 3.05) is 0 Å². The predicted octanol–water partition coefficient (Wildman–Crippen LogP) is 3.22. The van der Waals surface area contributed by atoms with Crippen molar-refractivity contribution in [3.8, 4) is 0 Å². The van der Waals surface area contributed by atoms with Gasteiger partial charge in [-0.1, -0.05) is 19.3 Å². The van der Waals surface area contributed by atoms with Crippen LogP contribution in [0.2, 0.25) is 0 Å². The number of rotatable bonds is 2. The molecule has 1 heterocycles. The van der Waals surface area contributed by atoms with E-state index in [1.165, 1.54) is 19.3 Å². The number of carbonyl (C=O) groups excluding carboxylic acids is 1. The number of aromatic nitrogens is 1. The van der Waals surface area contributed by atoms with Crippen LogP contribution in [0.1, 0.15) is 48.2 Å². The van der Waals surface area contributed by atoms with E-state index in [4.69, 9.17) is 0 Å². The van der Waals surface area contributed by atoms with Gasteiger partial charge in [0.1, 0.15) is 5.69 Å². The van der Waals surface area contributed by atoms with Crippen molar-refractivity contribution >= 4 is 21.8 Å². The Morgan fingerprint density at radius 1 is 1.41 bits per heavy atom. The molecule has 2 rings (SSSR count). The van der Waals surface area contributed by atoms with E-state index in [1.54, 1.807) is 6.20 Å². The fourth-order valence-corrected chi connectivity index (χ4v) is 2.84. The molecule has 3 nitrogen and oxygen atoms in total. The van der Waals surface area contributed by atoms with Crippen molar-refractivity contribution < 1.29 is 4.79 Å². The SMILES string of the molecule is Cc1cnc(C(=O)NC2CCCCC2)c(Br)c1. The summed E-state index contributed by atoms with van der Waals surface area (Å²) in [5.41, 5.74) is 1.53. The molecule has 1 amide bonds. The van der Waals surface area contributed by atoms with E-state index in [9.17, 15) is 4.79 Å². The molecule has 0 aliphatic heterocycles. The molecule has 0 radical (unpaired) electrons. The first-order chi connectivity index (χ1) is 8.16. The van der Waals surface area contributed by atoms with Crippen LogP contribution in [0.15, 0.2) is 16.7 Å². The maximum atomic E-state index is 12.0. The molecule has 1 N–H and O–H groups in total. The average Bonchev–Trinajstić information content (AvgIpc) is 2.30. The minimum Gasteiger partial charge on any atom is -0.348 e. The number of hydrogen-bond acceptors (Lipinski definition) is 2. The van der Waals surface area contributed by atoms with E-state index in [2.05, 4.69) is 26.2 Å². The van der Waals surface area contributed by atoms with Gasteiger partial charge in [0.05, 0.1) is 0 Å². The predicted molar refractivity (Wildman–Crippen MR) is 71.0 cm³/mol. The monoisotopic (exact) mass is 296 g/mol. The quantitative estimate of drug-likeness (QED) is 0.910. The third-order valence-corrected chi connectivity index (χ3v) is 3.74. The summed E-state index contributed by atoms with van der Waals surface area (Å²) in [7, 11) is 0. The van der Waals surface area contributed by atoms with E-state index in [0.717, 1.165) is 22.9 Å². The number of nitrogens with zero attached hydrogens (tertiary/aromatic N) is 1. The van der Waals surface area contributed by atoms with E-state index in [-0.39, 0.29) is 5.91 Å². The molecule has 1 aromatic rings. The number of halogens is 1. The Labute approximate surface area is 110 Å². The summed E-state index contributed by atoms with van der Waals surface area (Å²) >= 11 is 3.39. The third-order valence-electron chi connectivity index (χ3n) is 3.13. The number of hydrogen-bond donors (Lipinski definition) is 1. The van der Waals surface area contributed by atoms with Crippen LogP contribution in [0.4, 0.5) is 0 Å². The van der Waals surface area contributed by atoms with Gasteiger partial charge in [-0.3, -0.25) is 4.79 Å². The van der Waals surface area contributed by atoms with Crippen LogP contribution in [-0.4, -0.2) is 16.9 Å². The molecule has 0 saturated heterocycles. The highest BCUT2D eigenvalue weighted by atomic mass is 79.9. The average molecular weight is 297 g/mol. The molecule has 1 aromatic heterocycles. The first-order valence-corrected chi connectivity index (χ1v) is 6.89. The van der Waals surface area contributed by atoms with Gasteiger partial charge in [0, 0.05) is 16.7 Å². The highest BCUT2D eigenvalue weighted by molar-refractivity contribution is 9.10. The van der Waals surface area contributed by atoms with Crippen molar-refractivity contribution in [3.05, 3.63) is 28.0 Å². The topological polar surface area (TPSA) is 42.0 Å². The summed E-state index contributed by atoms with van der Waals surface area (Å²) in [5, 5.41) is 3.06. The van der Waals surface area contributed by atoms with Crippen LogP contribution in [0.5, 0.6) is 0 Å².